The van der Waals surface area contributed by atoms with E-state index in [1.54, 1.807) is 6.92 Å². The lowest BCUT2D eigenvalue weighted by atomic mass is 10.0. The van der Waals surface area contributed by atoms with Gasteiger partial charge in [0.1, 0.15) is 4.90 Å². The number of hydrogen-bond donors (Lipinski definition) is 3. The van der Waals surface area contributed by atoms with Gasteiger partial charge in [-0.05, 0) is 18.9 Å². The minimum atomic E-state index is -3.91. The molecule has 0 saturated heterocycles. The van der Waals surface area contributed by atoms with Crippen LogP contribution in [0.4, 0.5) is 11.4 Å². The summed E-state index contributed by atoms with van der Waals surface area (Å²) in [4.78, 5) is 9.90. The molecule has 9 heteroatoms. The van der Waals surface area contributed by atoms with Crippen molar-refractivity contribution in [1.29, 1.82) is 0 Å². The van der Waals surface area contributed by atoms with E-state index in [0.29, 0.717) is 0 Å². The van der Waals surface area contributed by atoms with Crippen molar-refractivity contribution in [3.05, 3.63) is 28.3 Å². The number of rotatable bonds is 7. The maximum Gasteiger partial charge on any atom is 0.270 e. The molecule has 4 N–H and O–H groups in total. The van der Waals surface area contributed by atoms with Gasteiger partial charge in [-0.1, -0.05) is 20.3 Å². The van der Waals surface area contributed by atoms with E-state index in [-0.39, 0.29) is 28.2 Å². The van der Waals surface area contributed by atoms with Crippen LogP contribution in [-0.2, 0) is 10.0 Å². The third kappa shape index (κ3) is 4.13. The van der Waals surface area contributed by atoms with Crippen LogP contribution in [-0.4, -0.2) is 19.4 Å². The number of hydrogen-bond acceptors (Lipinski definition) is 6. The third-order valence-corrected chi connectivity index (χ3v) is 5.06. The van der Waals surface area contributed by atoms with Crippen molar-refractivity contribution in [1.82, 2.24) is 4.72 Å². The second-order valence-electron chi connectivity index (χ2n) is 4.88. The van der Waals surface area contributed by atoms with Gasteiger partial charge in [-0.15, -0.1) is 0 Å². The summed E-state index contributed by atoms with van der Waals surface area (Å²) in [7, 11) is -3.91. The molecule has 118 valence electrons. The minimum absolute atomic E-state index is 0.101. The summed E-state index contributed by atoms with van der Waals surface area (Å²) < 4.78 is 27.3. The first-order valence-corrected chi connectivity index (χ1v) is 7.98. The average molecular weight is 316 g/mol. The van der Waals surface area contributed by atoms with Crippen LogP contribution in [0.2, 0.25) is 0 Å². The topological polar surface area (TPSA) is 127 Å². The molecule has 0 heterocycles. The predicted octanol–water partition coefficient (Wildman–Crippen LogP) is 1.59. The van der Waals surface area contributed by atoms with Gasteiger partial charge in [0.2, 0.25) is 10.0 Å². The van der Waals surface area contributed by atoms with Crippen LogP contribution in [0.5, 0.6) is 0 Å². The van der Waals surface area contributed by atoms with Crippen molar-refractivity contribution < 1.29 is 13.3 Å². The summed E-state index contributed by atoms with van der Waals surface area (Å²) in [5, 5.41) is 10.8. The average Bonchev–Trinajstić information content (AvgIpc) is 2.44. The molecule has 0 aromatic heterocycles. The molecule has 21 heavy (non-hydrogen) atoms. The molecule has 2 unspecified atom stereocenters. The van der Waals surface area contributed by atoms with E-state index in [1.165, 1.54) is 12.1 Å². The summed E-state index contributed by atoms with van der Waals surface area (Å²) in [5.74, 6) is 5.41. The van der Waals surface area contributed by atoms with Crippen LogP contribution in [0.1, 0.15) is 27.2 Å². The molecule has 2 atom stereocenters. The summed E-state index contributed by atoms with van der Waals surface area (Å²) in [6, 6.07) is 3.14. The number of nitro groups is 1. The highest BCUT2D eigenvalue weighted by Crippen LogP contribution is 2.26. The number of nitrogens with one attached hydrogen (secondary N) is 2. The molecule has 1 aromatic carbocycles. The van der Waals surface area contributed by atoms with Gasteiger partial charge in [-0.3, -0.25) is 16.0 Å². The molecule has 1 aromatic rings. The molecule has 0 fully saturated rings. The molecule has 0 amide bonds. The molecule has 0 spiro atoms. The first-order valence-electron chi connectivity index (χ1n) is 6.50. The number of anilines is 1. The Kier molecular flexibility index (Phi) is 5.64. The SMILES string of the molecule is CCC(C)C(C)NS(=O)(=O)c1cc([N+](=O)[O-])ccc1NN. The summed E-state index contributed by atoms with van der Waals surface area (Å²) in [5.41, 5.74) is 2.03. The number of nitro benzene ring substituents is 1. The van der Waals surface area contributed by atoms with Crippen LogP contribution in [0.25, 0.3) is 0 Å². The summed E-state index contributed by atoms with van der Waals surface area (Å²) in [6.45, 7) is 5.62. The van der Waals surface area contributed by atoms with Gasteiger partial charge in [-0.2, -0.15) is 0 Å². The largest absolute Gasteiger partial charge is 0.323 e. The van der Waals surface area contributed by atoms with Crippen molar-refractivity contribution in [2.75, 3.05) is 5.43 Å². The highest BCUT2D eigenvalue weighted by Gasteiger charge is 2.25. The number of sulfonamides is 1. The Hall–Kier alpha value is -1.71. The first kappa shape index (κ1) is 17.3. The molecule has 0 aliphatic rings. The third-order valence-electron chi connectivity index (χ3n) is 3.46. The minimum Gasteiger partial charge on any atom is -0.323 e. The number of nitrogens with zero attached hydrogens (tertiary/aromatic N) is 1. The van der Waals surface area contributed by atoms with Gasteiger partial charge >= 0.3 is 0 Å². The fraction of sp³-hybridized carbons (Fsp3) is 0.500. The van der Waals surface area contributed by atoms with E-state index in [1.807, 2.05) is 13.8 Å². The Labute approximate surface area is 123 Å². The van der Waals surface area contributed by atoms with Gasteiger partial charge in [0.05, 0.1) is 10.6 Å². The van der Waals surface area contributed by atoms with Crippen molar-refractivity contribution >= 4 is 21.4 Å². The maximum atomic E-state index is 12.4. The Balaban J connectivity index is 3.23. The zero-order valence-corrected chi connectivity index (χ0v) is 13.0. The Morgan fingerprint density at radius 1 is 1.38 bits per heavy atom. The fourth-order valence-electron chi connectivity index (χ4n) is 1.74. The number of non-ortho nitro benzene ring substituents is 1. The monoisotopic (exact) mass is 316 g/mol. The molecule has 0 saturated carbocycles. The number of hydrazine groups is 1. The number of nitrogens with two attached hydrogens (primary N) is 1. The molecule has 8 nitrogen and oxygen atoms in total. The van der Waals surface area contributed by atoms with Gasteiger partial charge in [0, 0.05) is 18.2 Å². The molecular weight excluding hydrogens is 296 g/mol. The zero-order chi connectivity index (χ0) is 16.2. The van der Waals surface area contributed by atoms with Crippen LogP contribution >= 0.6 is 0 Å². The summed E-state index contributed by atoms with van der Waals surface area (Å²) >= 11 is 0. The number of nitrogen functional groups attached to an aromatic ring is 1. The quantitative estimate of drug-likeness (QED) is 0.398. The van der Waals surface area contributed by atoms with E-state index in [4.69, 9.17) is 5.84 Å². The van der Waals surface area contributed by atoms with Crippen molar-refractivity contribution in [2.24, 2.45) is 11.8 Å². The molecular formula is C12H20N4O4S. The normalized spacial score (nSPS) is 14.5. The summed E-state index contributed by atoms with van der Waals surface area (Å²) in [6.07, 6.45) is 0.806. The molecule has 1 rings (SSSR count). The Morgan fingerprint density at radius 3 is 2.48 bits per heavy atom. The van der Waals surface area contributed by atoms with Crippen molar-refractivity contribution in [3.63, 3.8) is 0 Å². The fourth-order valence-corrected chi connectivity index (χ4v) is 3.29. The first-order chi connectivity index (χ1) is 9.72. The predicted molar refractivity (Wildman–Crippen MR) is 80.1 cm³/mol. The van der Waals surface area contributed by atoms with Crippen LogP contribution in [0.3, 0.4) is 0 Å². The van der Waals surface area contributed by atoms with E-state index in [9.17, 15) is 18.5 Å². The highest BCUT2D eigenvalue weighted by molar-refractivity contribution is 7.89. The number of benzene rings is 1. The Morgan fingerprint density at radius 2 is 2.00 bits per heavy atom. The Bertz CT molecular complexity index is 618. The van der Waals surface area contributed by atoms with Crippen LogP contribution in [0.15, 0.2) is 23.1 Å². The maximum absolute atomic E-state index is 12.4. The molecule has 0 aliphatic heterocycles. The van der Waals surface area contributed by atoms with Crippen molar-refractivity contribution in [3.8, 4) is 0 Å². The smallest absolute Gasteiger partial charge is 0.270 e. The van der Waals surface area contributed by atoms with Gasteiger partial charge in [-0.25, -0.2) is 13.1 Å². The van der Waals surface area contributed by atoms with Crippen LogP contribution < -0.4 is 16.0 Å². The second-order valence-corrected chi connectivity index (χ2v) is 6.56. The van der Waals surface area contributed by atoms with Gasteiger partial charge in [0.15, 0.2) is 0 Å². The standard InChI is InChI=1S/C12H20N4O4S/c1-4-8(2)9(3)15-21(19,20)12-7-10(16(17)18)5-6-11(12)14-13/h5-9,14-15H,4,13H2,1-3H3. The highest BCUT2D eigenvalue weighted by atomic mass is 32.2. The van der Waals surface area contributed by atoms with E-state index in [2.05, 4.69) is 10.1 Å². The second kappa shape index (κ2) is 6.83. The lowest BCUT2D eigenvalue weighted by Gasteiger charge is -2.20. The van der Waals surface area contributed by atoms with Gasteiger partial charge < -0.3 is 5.43 Å². The lowest BCUT2D eigenvalue weighted by Crippen LogP contribution is -2.37. The van der Waals surface area contributed by atoms with E-state index < -0.39 is 14.9 Å². The van der Waals surface area contributed by atoms with E-state index in [0.717, 1.165) is 12.5 Å². The molecule has 0 radical (unpaired) electrons. The van der Waals surface area contributed by atoms with E-state index >= 15 is 0 Å². The molecule has 0 aliphatic carbocycles. The van der Waals surface area contributed by atoms with Crippen molar-refractivity contribution in [2.45, 2.75) is 38.1 Å². The zero-order valence-electron chi connectivity index (χ0n) is 12.2. The van der Waals surface area contributed by atoms with Gasteiger partial charge in [0.25, 0.3) is 5.69 Å². The van der Waals surface area contributed by atoms with Crippen LogP contribution in [0, 0.1) is 16.0 Å². The lowest BCUT2D eigenvalue weighted by molar-refractivity contribution is -0.385. The molecule has 0 bridgehead atoms.